The van der Waals surface area contributed by atoms with Gasteiger partial charge in [-0.15, -0.1) is 0 Å². The van der Waals surface area contributed by atoms with Crippen LogP contribution in [0.5, 0.6) is 0 Å². The first-order valence-corrected chi connectivity index (χ1v) is 12.7. The summed E-state index contributed by atoms with van der Waals surface area (Å²) in [6.45, 7) is 1.71. The van der Waals surface area contributed by atoms with Crippen LogP contribution in [0.1, 0.15) is 29.5 Å². The predicted octanol–water partition coefficient (Wildman–Crippen LogP) is 5.45. The average Bonchev–Trinajstić information content (AvgIpc) is 2.90. The number of benzene rings is 2. The first-order valence-electron chi connectivity index (χ1n) is 12.7. The number of nitrogens with one attached hydrogen (secondary N) is 1. The number of carboxylic acids is 1. The molecule has 0 radical (unpaired) electrons. The van der Waals surface area contributed by atoms with Gasteiger partial charge < -0.3 is 26.8 Å². The lowest BCUT2D eigenvalue weighted by Gasteiger charge is -2.30. The van der Waals surface area contributed by atoms with E-state index in [1.54, 1.807) is 0 Å². The van der Waals surface area contributed by atoms with Crippen LogP contribution in [0, 0.1) is 5.92 Å². The highest BCUT2D eigenvalue weighted by Gasteiger charge is 2.33. The number of piperidine rings is 1. The largest absolute Gasteiger partial charge is 0.481 e. The molecule has 1 heterocycles. The van der Waals surface area contributed by atoms with Gasteiger partial charge in [-0.1, -0.05) is 12.1 Å². The lowest BCUT2D eigenvalue weighted by Crippen LogP contribution is -2.40. The SMILES string of the molecule is N/C=C\C=C(/Cc1ccc(C(=NCCN2CCCC(C(=O)O)C2)Nc2ccc(C(F)(F)F)cc2)c(N)c1)C(F)(F)F. The summed E-state index contributed by atoms with van der Waals surface area (Å²) in [5, 5.41) is 12.3. The van der Waals surface area contributed by atoms with E-state index in [0.29, 0.717) is 37.3 Å². The third-order valence-electron chi connectivity index (χ3n) is 6.55. The number of allylic oxidation sites excluding steroid dienone is 3. The van der Waals surface area contributed by atoms with Crippen molar-refractivity contribution in [1.29, 1.82) is 0 Å². The molecule has 0 spiro atoms. The van der Waals surface area contributed by atoms with Gasteiger partial charge in [-0.3, -0.25) is 9.79 Å². The standard InChI is InChI=1S/C28H31F6N5O2/c29-27(30,31)20-6-8-22(9-7-20)38-25(37-12-14-39-13-2-3-19(17-39)26(40)41)23-10-5-18(16-24(23)36)15-21(4-1-11-35)28(32,33)34/h1,4-11,16,19H,2-3,12-15,17,35-36H2,(H,37,38)(H,40,41)/b11-1-,21-4+. The molecular weight excluding hydrogens is 552 g/mol. The Kier molecular flexibility index (Phi) is 10.4. The molecule has 1 fully saturated rings. The summed E-state index contributed by atoms with van der Waals surface area (Å²) in [5.74, 6) is -1.13. The molecular formula is C28H31F6N5O2. The van der Waals surface area contributed by atoms with Crippen molar-refractivity contribution in [3.05, 3.63) is 83.1 Å². The van der Waals surface area contributed by atoms with Crippen molar-refractivity contribution < 1.29 is 36.2 Å². The van der Waals surface area contributed by atoms with Gasteiger partial charge in [0, 0.05) is 42.0 Å². The second-order valence-corrected chi connectivity index (χ2v) is 9.58. The molecule has 1 atom stereocenters. The number of aliphatic carboxylic acids is 1. The van der Waals surface area contributed by atoms with E-state index in [9.17, 15) is 36.2 Å². The fourth-order valence-electron chi connectivity index (χ4n) is 4.42. The number of hydrogen-bond donors (Lipinski definition) is 4. The maximum Gasteiger partial charge on any atom is 0.416 e. The summed E-state index contributed by atoms with van der Waals surface area (Å²) in [6, 6.07) is 8.62. The monoisotopic (exact) mass is 583 g/mol. The highest BCUT2D eigenvalue weighted by Crippen LogP contribution is 2.31. The lowest BCUT2D eigenvalue weighted by molar-refractivity contribution is -0.143. The summed E-state index contributed by atoms with van der Waals surface area (Å²) >= 11 is 0. The van der Waals surface area contributed by atoms with Gasteiger partial charge in [-0.2, -0.15) is 26.3 Å². The van der Waals surface area contributed by atoms with Crippen LogP contribution in [0.15, 0.2) is 71.4 Å². The van der Waals surface area contributed by atoms with E-state index in [4.69, 9.17) is 11.5 Å². The molecule has 41 heavy (non-hydrogen) atoms. The molecule has 1 aliphatic rings. The van der Waals surface area contributed by atoms with E-state index in [0.717, 1.165) is 36.9 Å². The van der Waals surface area contributed by atoms with Crippen molar-refractivity contribution in [3.63, 3.8) is 0 Å². The van der Waals surface area contributed by atoms with E-state index in [1.807, 2.05) is 4.90 Å². The Bertz CT molecular complexity index is 1290. The molecule has 1 unspecified atom stereocenters. The number of carboxylic acid groups (broad SMARTS) is 1. The molecule has 13 heteroatoms. The van der Waals surface area contributed by atoms with Crippen molar-refractivity contribution in [1.82, 2.24) is 4.90 Å². The molecule has 6 N–H and O–H groups in total. The molecule has 0 bridgehead atoms. The van der Waals surface area contributed by atoms with Gasteiger partial charge in [0.1, 0.15) is 5.84 Å². The second-order valence-electron chi connectivity index (χ2n) is 9.58. The molecule has 2 aromatic rings. The second kappa shape index (κ2) is 13.6. The van der Waals surface area contributed by atoms with Crippen LogP contribution < -0.4 is 16.8 Å². The van der Waals surface area contributed by atoms with Gasteiger partial charge in [-0.25, -0.2) is 0 Å². The summed E-state index contributed by atoms with van der Waals surface area (Å²) in [6.07, 6.45) is -5.30. The van der Waals surface area contributed by atoms with Crippen molar-refractivity contribution in [2.45, 2.75) is 31.6 Å². The third kappa shape index (κ3) is 9.27. The first-order chi connectivity index (χ1) is 19.3. The Hall–Kier alpha value is -4.00. The van der Waals surface area contributed by atoms with E-state index in [2.05, 4.69) is 10.3 Å². The molecule has 1 saturated heterocycles. The highest BCUT2D eigenvalue weighted by atomic mass is 19.4. The van der Waals surface area contributed by atoms with Gasteiger partial charge in [0.25, 0.3) is 0 Å². The highest BCUT2D eigenvalue weighted by molar-refractivity contribution is 6.11. The number of nitrogen functional groups attached to an aromatic ring is 1. The van der Waals surface area contributed by atoms with E-state index < -0.39 is 41.8 Å². The van der Waals surface area contributed by atoms with Gasteiger partial charge in [-0.05, 0) is 73.6 Å². The number of rotatable bonds is 9. The Morgan fingerprint density at radius 3 is 2.41 bits per heavy atom. The van der Waals surface area contributed by atoms with Gasteiger partial charge in [0.2, 0.25) is 0 Å². The molecule has 3 rings (SSSR count). The number of anilines is 2. The predicted molar refractivity (Wildman–Crippen MR) is 145 cm³/mol. The number of aliphatic imine (C=N–C) groups is 1. The minimum absolute atomic E-state index is 0.112. The number of amidine groups is 1. The maximum absolute atomic E-state index is 13.4. The van der Waals surface area contributed by atoms with E-state index >= 15 is 0 Å². The molecule has 0 aliphatic carbocycles. The van der Waals surface area contributed by atoms with Gasteiger partial charge in [0.15, 0.2) is 0 Å². The zero-order valence-corrected chi connectivity index (χ0v) is 22.0. The van der Waals surface area contributed by atoms with E-state index in [-0.39, 0.29) is 23.6 Å². The lowest BCUT2D eigenvalue weighted by atomic mass is 9.98. The van der Waals surface area contributed by atoms with Gasteiger partial charge in [0.05, 0.1) is 18.0 Å². The zero-order chi connectivity index (χ0) is 30.2. The van der Waals surface area contributed by atoms with Crippen LogP contribution >= 0.6 is 0 Å². The quantitative estimate of drug-likeness (QED) is 0.103. The molecule has 0 aromatic heterocycles. The zero-order valence-electron chi connectivity index (χ0n) is 22.0. The minimum Gasteiger partial charge on any atom is -0.481 e. The smallest absolute Gasteiger partial charge is 0.416 e. The molecule has 222 valence electrons. The average molecular weight is 584 g/mol. The number of hydrogen-bond acceptors (Lipinski definition) is 5. The van der Waals surface area contributed by atoms with Gasteiger partial charge >= 0.3 is 18.3 Å². The molecule has 7 nitrogen and oxygen atoms in total. The first kappa shape index (κ1) is 31.5. The fourth-order valence-corrected chi connectivity index (χ4v) is 4.42. The Morgan fingerprint density at radius 1 is 1.12 bits per heavy atom. The van der Waals surface area contributed by atoms with Crippen molar-refractivity contribution in [2.24, 2.45) is 16.6 Å². The summed E-state index contributed by atoms with van der Waals surface area (Å²) in [4.78, 5) is 17.9. The Labute approximate surface area is 233 Å². The number of nitrogens with zero attached hydrogens (tertiary/aromatic N) is 2. The summed E-state index contributed by atoms with van der Waals surface area (Å²) in [5.41, 5.74) is 10.8. The fraction of sp³-hybridized carbons (Fsp3) is 0.357. The van der Waals surface area contributed by atoms with Crippen LogP contribution in [-0.2, 0) is 17.4 Å². The van der Waals surface area contributed by atoms with Crippen LogP contribution in [0.3, 0.4) is 0 Å². The third-order valence-corrected chi connectivity index (χ3v) is 6.55. The van der Waals surface area contributed by atoms with E-state index in [1.165, 1.54) is 30.3 Å². The minimum atomic E-state index is -4.59. The molecule has 0 amide bonds. The number of alkyl halides is 6. The number of nitrogens with two attached hydrogens (primary N) is 2. The normalized spacial score (nSPS) is 17.7. The molecule has 1 aliphatic heterocycles. The topological polar surface area (TPSA) is 117 Å². The van der Waals surface area contributed by atoms with Crippen LogP contribution in [-0.4, -0.2) is 54.2 Å². The number of halogens is 6. The van der Waals surface area contributed by atoms with Crippen molar-refractivity contribution >= 4 is 23.2 Å². The molecule has 2 aromatic carbocycles. The van der Waals surface area contributed by atoms with Crippen LogP contribution in [0.4, 0.5) is 37.7 Å². The van der Waals surface area contributed by atoms with Crippen molar-refractivity contribution in [3.8, 4) is 0 Å². The molecule has 0 saturated carbocycles. The number of likely N-dealkylation sites (tertiary alicyclic amines) is 1. The summed E-state index contributed by atoms with van der Waals surface area (Å²) < 4.78 is 79.3. The van der Waals surface area contributed by atoms with Crippen molar-refractivity contribution in [2.75, 3.05) is 37.2 Å². The summed E-state index contributed by atoms with van der Waals surface area (Å²) in [7, 11) is 0. The maximum atomic E-state index is 13.4. The Balaban J connectivity index is 1.87. The Morgan fingerprint density at radius 2 is 1.83 bits per heavy atom. The van der Waals surface area contributed by atoms with Crippen LogP contribution in [0.2, 0.25) is 0 Å². The number of carbonyl (C=O) groups is 1. The van der Waals surface area contributed by atoms with Crippen LogP contribution in [0.25, 0.3) is 0 Å².